The van der Waals surface area contributed by atoms with Crippen LogP contribution in [0.4, 0.5) is 13.2 Å². The zero-order valence-electron chi connectivity index (χ0n) is 18.8. The van der Waals surface area contributed by atoms with Gasteiger partial charge in [-0.2, -0.15) is 0 Å². The lowest BCUT2D eigenvalue weighted by Crippen LogP contribution is -2.13. The minimum Gasteiger partial charge on any atom is -0.206 e. The lowest BCUT2D eigenvalue weighted by Gasteiger charge is -2.28. The molecule has 0 radical (unpaired) electrons. The second-order valence-corrected chi connectivity index (χ2v) is 9.14. The summed E-state index contributed by atoms with van der Waals surface area (Å²) in [6.07, 6.45) is 10.2. The highest BCUT2D eigenvalue weighted by Crippen LogP contribution is 2.39. The standard InChI is InChI=1S/C29H31F3/c1-3-5-7-23-16-17-24-18-25(28(31)29(32)26(24)27(23)30)22-14-12-21(13-15-22)20-10-8-19(6-4-2)9-11-20/h3,12-20H,1,4-11H2,2H3. The molecule has 3 aromatic rings. The minimum absolute atomic E-state index is 0.173. The maximum atomic E-state index is 15.0. The lowest BCUT2D eigenvalue weighted by molar-refractivity contribution is 0.308. The maximum Gasteiger partial charge on any atom is 0.170 e. The summed E-state index contributed by atoms with van der Waals surface area (Å²) >= 11 is 0. The Kier molecular flexibility index (Phi) is 7.03. The molecule has 1 saturated carbocycles. The number of benzene rings is 3. The second kappa shape index (κ2) is 9.94. The molecular formula is C29H31F3. The first-order chi connectivity index (χ1) is 15.5. The number of fused-ring (bicyclic) bond motifs is 1. The monoisotopic (exact) mass is 436 g/mol. The van der Waals surface area contributed by atoms with Crippen molar-refractivity contribution in [1.82, 2.24) is 0 Å². The van der Waals surface area contributed by atoms with E-state index in [1.165, 1.54) is 44.1 Å². The number of hydrogen-bond donors (Lipinski definition) is 0. The van der Waals surface area contributed by atoms with Gasteiger partial charge in [0.15, 0.2) is 11.6 Å². The maximum absolute atomic E-state index is 15.0. The van der Waals surface area contributed by atoms with Crippen LogP contribution in [0.5, 0.6) is 0 Å². The van der Waals surface area contributed by atoms with Gasteiger partial charge in [-0.05, 0) is 78.5 Å². The smallest absolute Gasteiger partial charge is 0.170 e. The Morgan fingerprint density at radius 1 is 0.906 bits per heavy atom. The van der Waals surface area contributed by atoms with Gasteiger partial charge in [0.2, 0.25) is 0 Å². The van der Waals surface area contributed by atoms with Crippen LogP contribution in [-0.2, 0) is 6.42 Å². The molecule has 0 N–H and O–H groups in total. The van der Waals surface area contributed by atoms with Gasteiger partial charge in [0.25, 0.3) is 0 Å². The van der Waals surface area contributed by atoms with Crippen LogP contribution in [-0.4, -0.2) is 0 Å². The molecule has 0 saturated heterocycles. The highest BCUT2D eigenvalue weighted by Gasteiger charge is 2.23. The summed E-state index contributed by atoms with van der Waals surface area (Å²) in [4.78, 5) is 0. The highest BCUT2D eigenvalue weighted by molar-refractivity contribution is 5.89. The first-order valence-electron chi connectivity index (χ1n) is 11.8. The first-order valence-corrected chi connectivity index (χ1v) is 11.8. The highest BCUT2D eigenvalue weighted by atomic mass is 19.2. The summed E-state index contributed by atoms with van der Waals surface area (Å²) in [6, 6.07) is 12.7. The predicted molar refractivity (Wildman–Crippen MR) is 127 cm³/mol. The average Bonchev–Trinajstić information content (AvgIpc) is 2.81. The molecule has 0 heterocycles. The Bertz CT molecular complexity index is 1090. The molecule has 0 aliphatic heterocycles. The molecule has 4 rings (SSSR count). The van der Waals surface area contributed by atoms with Gasteiger partial charge in [-0.3, -0.25) is 0 Å². The first kappa shape index (κ1) is 22.6. The Labute approximate surface area is 189 Å². The number of aryl methyl sites for hydroxylation is 1. The van der Waals surface area contributed by atoms with Gasteiger partial charge in [0.05, 0.1) is 5.39 Å². The van der Waals surface area contributed by atoms with Crippen molar-refractivity contribution in [1.29, 1.82) is 0 Å². The summed E-state index contributed by atoms with van der Waals surface area (Å²) in [7, 11) is 0. The third-order valence-corrected chi connectivity index (χ3v) is 7.06. The third kappa shape index (κ3) is 4.48. The molecule has 0 unspecified atom stereocenters. The Morgan fingerprint density at radius 3 is 2.28 bits per heavy atom. The van der Waals surface area contributed by atoms with Gasteiger partial charge < -0.3 is 0 Å². The lowest BCUT2D eigenvalue weighted by atomic mass is 9.77. The molecule has 3 aromatic carbocycles. The number of halogens is 3. The van der Waals surface area contributed by atoms with Gasteiger partial charge in [-0.1, -0.05) is 62.2 Å². The van der Waals surface area contributed by atoms with E-state index < -0.39 is 17.5 Å². The molecule has 1 fully saturated rings. The summed E-state index contributed by atoms with van der Waals surface area (Å²) in [5, 5.41) is 0.102. The predicted octanol–water partition coefficient (Wildman–Crippen LogP) is 9.12. The molecule has 32 heavy (non-hydrogen) atoms. The van der Waals surface area contributed by atoms with E-state index >= 15 is 0 Å². The fraction of sp³-hybridized carbons (Fsp3) is 0.379. The van der Waals surface area contributed by atoms with E-state index in [9.17, 15) is 13.2 Å². The Hall–Kier alpha value is -2.55. The molecule has 0 nitrogen and oxygen atoms in total. The fourth-order valence-electron chi connectivity index (χ4n) is 5.21. The van der Waals surface area contributed by atoms with Crippen molar-refractivity contribution in [3.8, 4) is 11.1 Å². The molecule has 1 aliphatic carbocycles. The van der Waals surface area contributed by atoms with Crippen molar-refractivity contribution in [2.45, 2.75) is 64.2 Å². The molecular weight excluding hydrogens is 405 g/mol. The van der Waals surface area contributed by atoms with Gasteiger partial charge in [0.1, 0.15) is 5.82 Å². The van der Waals surface area contributed by atoms with Crippen molar-refractivity contribution in [2.75, 3.05) is 0 Å². The van der Waals surface area contributed by atoms with Crippen LogP contribution in [0, 0.1) is 23.4 Å². The van der Waals surface area contributed by atoms with Crippen LogP contribution in [0.25, 0.3) is 21.9 Å². The SMILES string of the molecule is C=CCCc1ccc2cc(-c3ccc(C4CCC(CCC)CC4)cc3)c(F)c(F)c2c1F. The summed E-state index contributed by atoms with van der Waals surface area (Å²) in [5.41, 5.74) is 2.43. The van der Waals surface area contributed by atoms with Crippen molar-refractivity contribution < 1.29 is 13.2 Å². The van der Waals surface area contributed by atoms with Crippen molar-refractivity contribution in [3.05, 3.63) is 83.7 Å². The zero-order valence-corrected chi connectivity index (χ0v) is 18.8. The molecule has 0 atom stereocenters. The Morgan fingerprint density at radius 2 is 1.62 bits per heavy atom. The van der Waals surface area contributed by atoms with E-state index in [2.05, 4.69) is 13.5 Å². The molecule has 0 spiro atoms. The normalized spacial score (nSPS) is 18.8. The van der Waals surface area contributed by atoms with Crippen molar-refractivity contribution >= 4 is 10.8 Å². The van der Waals surface area contributed by atoms with Crippen LogP contribution in [0.3, 0.4) is 0 Å². The molecule has 0 aromatic heterocycles. The summed E-state index contributed by atoms with van der Waals surface area (Å²) in [5.74, 6) is -1.40. The third-order valence-electron chi connectivity index (χ3n) is 7.06. The fourth-order valence-corrected chi connectivity index (χ4v) is 5.21. The van der Waals surface area contributed by atoms with Gasteiger partial charge in [-0.15, -0.1) is 6.58 Å². The zero-order chi connectivity index (χ0) is 22.7. The molecule has 0 bridgehead atoms. The summed E-state index contributed by atoms with van der Waals surface area (Å²) in [6.45, 7) is 5.88. The molecule has 1 aliphatic rings. The second-order valence-electron chi connectivity index (χ2n) is 9.14. The van der Waals surface area contributed by atoms with E-state index in [1.807, 2.05) is 24.3 Å². The topological polar surface area (TPSA) is 0 Å². The van der Waals surface area contributed by atoms with Gasteiger partial charge in [-0.25, -0.2) is 13.2 Å². The van der Waals surface area contributed by atoms with Crippen LogP contribution < -0.4 is 0 Å². The Balaban J connectivity index is 1.61. The minimum atomic E-state index is -1.12. The van der Waals surface area contributed by atoms with Gasteiger partial charge in [0, 0.05) is 5.56 Å². The average molecular weight is 437 g/mol. The van der Waals surface area contributed by atoms with Crippen molar-refractivity contribution in [3.63, 3.8) is 0 Å². The van der Waals surface area contributed by atoms with E-state index in [1.54, 1.807) is 24.3 Å². The van der Waals surface area contributed by atoms with Crippen LogP contribution in [0.1, 0.15) is 68.9 Å². The van der Waals surface area contributed by atoms with E-state index in [4.69, 9.17) is 0 Å². The quantitative estimate of drug-likeness (QED) is 0.324. The number of rotatable bonds is 7. The van der Waals surface area contributed by atoms with Gasteiger partial charge >= 0.3 is 0 Å². The van der Waals surface area contributed by atoms with Crippen molar-refractivity contribution in [2.24, 2.45) is 5.92 Å². The molecule has 3 heteroatoms. The summed E-state index contributed by atoms with van der Waals surface area (Å²) < 4.78 is 44.8. The number of allylic oxidation sites excluding steroid dienone is 1. The molecule has 0 amide bonds. The van der Waals surface area contributed by atoms with E-state index in [0.717, 1.165) is 5.92 Å². The van der Waals surface area contributed by atoms with Crippen LogP contribution in [0.15, 0.2) is 55.1 Å². The van der Waals surface area contributed by atoms with Crippen LogP contribution in [0.2, 0.25) is 0 Å². The largest absolute Gasteiger partial charge is 0.206 e. The molecule has 168 valence electrons. The van der Waals surface area contributed by atoms with E-state index in [0.29, 0.717) is 35.3 Å². The van der Waals surface area contributed by atoms with E-state index in [-0.39, 0.29) is 10.9 Å². The van der Waals surface area contributed by atoms with Crippen LogP contribution >= 0.6 is 0 Å². The number of hydrogen-bond acceptors (Lipinski definition) is 0.